The summed E-state index contributed by atoms with van der Waals surface area (Å²) in [7, 11) is 1.46. The van der Waals surface area contributed by atoms with E-state index in [1.165, 1.54) is 24.1 Å². The van der Waals surface area contributed by atoms with E-state index in [1.807, 2.05) is 0 Å². The predicted molar refractivity (Wildman–Crippen MR) is 78.8 cm³/mol. The van der Waals surface area contributed by atoms with Crippen LogP contribution >= 0.6 is 0 Å². The minimum absolute atomic E-state index is 0.0263. The molecule has 0 saturated carbocycles. The van der Waals surface area contributed by atoms with Gasteiger partial charge in [0.2, 0.25) is 11.8 Å². The summed E-state index contributed by atoms with van der Waals surface area (Å²) in [6.07, 6.45) is 0.402. The van der Waals surface area contributed by atoms with Gasteiger partial charge >= 0.3 is 0 Å². The zero-order chi connectivity index (χ0) is 16.4. The van der Waals surface area contributed by atoms with Crippen LogP contribution in [-0.4, -0.2) is 30.6 Å². The van der Waals surface area contributed by atoms with Gasteiger partial charge in [-0.25, -0.2) is 4.39 Å². The van der Waals surface area contributed by atoms with Crippen molar-refractivity contribution in [1.29, 1.82) is 0 Å². The summed E-state index contributed by atoms with van der Waals surface area (Å²) in [5.41, 5.74) is 0.378. The maximum Gasteiger partial charge on any atom is 0.254 e. The summed E-state index contributed by atoms with van der Waals surface area (Å²) < 4.78 is 23.7. The van der Waals surface area contributed by atoms with Crippen LogP contribution in [0.4, 0.5) is 15.8 Å². The quantitative estimate of drug-likeness (QED) is 0.928. The Hall–Kier alpha value is -2.90. The molecule has 0 bridgehead atoms. The number of hydrogen-bond donors (Lipinski definition) is 1. The number of nitrogens with one attached hydrogen (secondary N) is 1. The first-order valence-electron chi connectivity index (χ1n) is 6.97. The number of carbonyl (C=O) groups excluding carboxylic acids is 2. The third-order valence-corrected chi connectivity index (χ3v) is 3.48. The molecule has 23 heavy (non-hydrogen) atoms. The number of para-hydroxylation sites is 1. The zero-order valence-electron chi connectivity index (χ0n) is 12.3. The molecule has 0 saturated heterocycles. The molecule has 8 heteroatoms. The van der Waals surface area contributed by atoms with E-state index in [2.05, 4.69) is 10.5 Å². The van der Waals surface area contributed by atoms with Crippen molar-refractivity contribution in [1.82, 2.24) is 5.16 Å². The lowest BCUT2D eigenvalue weighted by molar-refractivity contribution is -0.121. The molecule has 1 aromatic carbocycles. The molecule has 0 radical (unpaired) electrons. The summed E-state index contributed by atoms with van der Waals surface area (Å²) in [5.74, 6) is -0.485. The predicted octanol–water partition coefficient (Wildman–Crippen LogP) is 1.74. The smallest absolute Gasteiger partial charge is 0.254 e. The van der Waals surface area contributed by atoms with Gasteiger partial charge in [-0.3, -0.25) is 9.59 Å². The minimum atomic E-state index is -0.576. The van der Waals surface area contributed by atoms with E-state index < -0.39 is 11.7 Å². The van der Waals surface area contributed by atoms with Crippen LogP contribution in [0.15, 0.2) is 28.8 Å². The number of carbonyl (C=O) groups is 2. The maximum atomic E-state index is 13.8. The van der Waals surface area contributed by atoms with Gasteiger partial charge in [0.05, 0.1) is 12.8 Å². The van der Waals surface area contributed by atoms with E-state index >= 15 is 0 Å². The average Bonchev–Trinajstić information content (AvgIpc) is 3.01. The molecule has 0 unspecified atom stereocenters. The van der Waals surface area contributed by atoms with Crippen molar-refractivity contribution in [2.24, 2.45) is 0 Å². The third kappa shape index (κ3) is 3.01. The van der Waals surface area contributed by atoms with Crippen molar-refractivity contribution in [3.8, 4) is 5.88 Å². The van der Waals surface area contributed by atoms with Crippen LogP contribution in [0.5, 0.6) is 5.88 Å². The lowest BCUT2D eigenvalue weighted by Crippen LogP contribution is -2.42. The van der Waals surface area contributed by atoms with Gasteiger partial charge in [-0.1, -0.05) is 6.07 Å². The molecule has 120 valence electrons. The monoisotopic (exact) mass is 319 g/mol. The molecule has 2 heterocycles. The van der Waals surface area contributed by atoms with E-state index in [-0.39, 0.29) is 24.6 Å². The topological polar surface area (TPSA) is 84.7 Å². The van der Waals surface area contributed by atoms with Gasteiger partial charge in [0, 0.05) is 18.9 Å². The first-order valence-corrected chi connectivity index (χ1v) is 6.97. The number of aromatic nitrogens is 1. The number of hydrogen-bond acceptors (Lipinski definition) is 5. The van der Waals surface area contributed by atoms with Crippen LogP contribution in [0.25, 0.3) is 0 Å². The summed E-state index contributed by atoms with van der Waals surface area (Å²) in [6.45, 7) is -0.144. The Kier molecular flexibility index (Phi) is 3.96. The van der Waals surface area contributed by atoms with Gasteiger partial charge in [0.25, 0.3) is 5.88 Å². The lowest BCUT2D eigenvalue weighted by Gasteiger charge is -2.29. The van der Waals surface area contributed by atoms with Crippen LogP contribution in [0.3, 0.4) is 0 Å². The van der Waals surface area contributed by atoms with E-state index in [4.69, 9.17) is 9.26 Å². The standard InChI is InChI=1S/C15H14FN3O4/c1-22-13-7-9(23-18-13)5-6-14(21)19-8-12(20)17-15-10(16)3-2-4-11(15)19/h2-4,7H,5-6,8H2,1H3,(H,17,20). The van der Waals surface area contributed by atoms with Crippen molar-refractivity contribution >= 4 is 23.2 Å². The normalized spacial score (nSPS) is 13.5. The Morgan fingerprint density at radius 2 is 2.35 bits per heavy atom. The SMILES string of the molecule is COc1cc(CCC(=O)N2CC(=O)Nc3c(F)cccc32)on1. The molecule has 1 aliphatic rings. The van der Waals surface area contributed by atoms with Crippen molar-refractivity contribution in [3.05, 3.63) is 35.8 Å². The zero-order valence-corrected chi connectivity index (χ0v) is 12.3. The average molecular weight is 319 g/mol. The Morgan fingerprint density at radius 3 is 3.09 bits per heavy atom. The lowest BCUT2D eigenvalue weighted by atomic mass is 10.1. The molecule has 3 rings (SSSR count). The van der Waals surface area contributed by atoms with Crippen molar-refractivity contribution in [2.75, 3.05) is 23.9 Å². The second kappa shape index (κ2) is 6.07. The molecular weight excluding hydrogens is 305 g/mol. The molecular formula is C15H14FN3O4. The third-order valence-electron chi connectivity index (χ3n) is 3.48. The Morgan fingerprint density at radius 1 is 1.52 bits per heavy atom. The van der Waals surface area contributed by atoms with E-state index in [9.17, 15) is 14.0 Å². The summed E-state index contributed by atoms with van der Waals surface area (Å²) >= 11 is 0. The second-order valence-corrected chi connectivity index (χ2v) is 5.00. The number of benzene rings is 1. The first-order chi connectivity index (χ1) is 11.1. The molecule has 1 aliphatic heterocycles. The Labute approximate surface area is 131 Å². The molecule has 2 amide bonds. The number of fused-ring (bicyclic) bond motifs is 1. The van der Waals surface area contributed by atoms with Crippen LogP contribution in [0.2, 0.25) is 0 Å². The Balaban J connectivity index is 1.75. The number of amides is 2. The molecule has 0 atom stereocenters. The van der Waals surface area contributed by atoms with Crippen LogP contribution in [-0.2, 0) is 16.0 Å². The highest BCUT2D eigenvalue weighted by atomic mass is 19.1. The molecule has 1 N–H and O–H groups in total. The van der Waals surface area contributed by atoms with Gasteiger partial charge in [-0.05, 0) is 17.3 Å². The van der Waals surface area contributed by atoms with Crippen molar-refractivity contribution in [3.63, 3.8) is 0 Å². The highest BCUT2D eigenvalue weighted by molar-refractivity contribution is 6.10. The van der Waals surface area contributed by atoms with Gasteiger partial charge in [-0.2, -0.15) is 0 Å². The van der Waals surface area contributed by atoms with Crippen molar-refractivity contribution < 1.29 is 23.2 Å². The molecule has 2 aromatic rings. The highest BCUT2D eigenvalue weighted by Gasteiger charge is 2.28. The molecule has 0 aliphatic carbocycles. The summed E-state index contributed by atoms with van der Waals surface area (Å²) in [4.78, 5) is 25.4. The highest BCUT2D eigenvalue weighted by Crippen LogP contribution is 2.32. The first kappa shape index (κ1) is 15.0. The van der Waals surface area contributed by atoms with Gasteiger partial charge in [0.15, 0.2) is 0 Å². The van der Waals surface area contributed by atoms with Crippen molar-refractivity contribution in [2.45, 2.75) is 12.8 Å². The van der Waals surface area contributed by atoms with Crippen LogP contribution in [0, 0.1) is 5.82 Å². The summed E-state index contributed by atoms with van der Waals surface area (Å²) in [6, 6.07) is 5.90. The van der Waals surface area contributed by atoms with Crippen LogP contribution < -0.4 is 15.0 Å². The maximum absolute atomic E-state index is 13.8. The Bertz CT molecular complexity index is 759. The van der Waals surface area contributed by atoms with E-state index in [1.54, 1.807) is 12.1 Å². The molecule has 1 aromatic heterocycles. The van der Waals surface area contributed by atoms with Gasteiger partial charge in [0.1, 0.15) is 23.8 Å². The number of halogens is 1. The number of ether oxygens (including phenoxy) is 1. The van der Waals surface area contributed by atoms with E-state index in [0.29, 0.717) is 23.7 Å². The fourth-order valence-electron chi connectivity index (χ4n) is 2.36. The fraction of sp³-hybridized carbons (Fsp3) is 0.267. The number of methoxy groups -OCH3 is 1. The largest absolute Gasteiger partial charge is 0.479 e. The summed E-state index contributed by atoms with van der Waals surface area (Å²) in [5, 5.41) is 6.09. The molecule has 7 nitrogen and oxygen atoms in total. The number of nitrogens with zero attached hydrogens (tertiary/aromatic N) is 2. The fourth-order valence-corrected chi connectivity index (χ4v) is 2.36. The number of aryl methyl sites for hydroxylation is 1. The van der Waals surface area contributed by atoms with Crippen LogP contribution in [0.1, 0.15) is 12.2 Å². The molecule has 0 spiro atoms. The second-order valence-electron chi connectivity index (χ2n) is 5.00. The molecule has 0 fully saturated rings. The van der Waals surface area contributed by atoms with E-state index in [0.717, 1.165) is 0 Å². The number of rotatable bonds is 4. The van der Waals surface area contributed by atoms with Gasteiger partial charge < -0.3 is 19.5 Å². The minimum Gasteiger partial charge on any atom is -0.479 e. The number of anilines is 2. The van der Waals surface area contributed by atoms with Gasteiger partial charge in [-0.15, -0.1) is 0 Å².